The van der Waals surface area contributed by atoms with Gasteiger partial charge in [0.05, 0.1) is 33.9 Å². The van der Waals surface area contributed by atoms with E-state index in [2.05, 4.69) is 10.1 Å². The number of cyclic esters (lactones) is 1. The molecular weight excluding hydrogens is 429 g/mol. The highest BCUT2D eigenvalue weighted by molar-refractivity contribution is 6.07. The van der Waals surface area contributed by atoms with Crippen LogP contribution in [0.3, 0.4) is 0 Å². The number of nitrogens with zero attached hydrogens (tertiary/aromatic N) is 4. The molecule has 1 aromatic carbocycles. The summed E-state index contributed by atoms with van der Waals surface area (Å²) < 4.78 is 49.8. The fraction of sp³-hybridized carbons (Fsp3) is 0.333. The van der Waals surface area contributed by atoms with E-state index >= 15 is 0 Å². The second-order valence-electron chi connectivity index (χ2n) is 7.76. The first-order valence-electron chi connectivity index (χ1n) is 9.89. The zero-order valence-electron chi connectivity index (χ0n) is 16.8. The molecule has 32 heavy (non-hydrogen) atoms. The molecule has 11 heteroatoms. The molecule has 0 spiro atoms. The zero-order chi connectivity index (χ0) is 22.6. The van der Waals surface area contributed by atoms with Gasteiger partial charge in [0, 0.05) is 25.2 Å². The van der Waals surface area contributed by atoms with Crippen LogP contribution in [0.1, 0.15) is 21.6 Å². The van der Waals surface area contributed by atoms with Crippen LogP contribution in [0.25, 0.3) is 22.4 Å². The molecule has 0 N–H and O–H groups in total. The molecule has 2 fully saturated rings. The number of aryl methyl sites for hydroxylation is 1. The maximum atomic E-state index is 13.4. The lowest BCUT2D eigenvalue weighted by Crippen LogP contribution is -2.53. The van der Waals surface area contributed by atoms with Crippen molar-refractivity contribution in [2.24, 2.45) is 0 Å². The van der Waals surface area contributed by atoms with Crippen molar-refractivity contribution in [3.05, 3.63) is 47.2 Å². The van der Waals surface area contributed by atoms with E-state index in [9.17, 15) is 22.8 Å². The molecule has 0 bridgehead atoms. The first kappa shape index (κ1) is 20.3. The quantitative estimate of drug-likeness (QED) is 0.599. The van der Waals surface area contributed by atoms with Crippen molar-refractivity contribution in [3.8, 4) is 11.3 Å². The smallest absolute Gasteiger partial charge is 0.416 e. The number of pyridine rings is 1. The van der Waals surface area contributed by atoms with Gasteiger partial charge in [0.25, 0.3) is 11.6 Å². The van der Waals surface area contributed by atoms with Gasteiger partial charge in [0.2, 0.25) is 0 Å². The topological polar surface area (TPSA) is 88.8 Å². The van der Waals surface area contributed by atoms with E-state index in [1.165, 1.54) is 18.2 Å². The summed E-state index contributed by atoms with van der Waals surface area (Å²) in [7, 11) is 0. The summed E-state index contributed by atoms with van der Waals surface area (Å²) >= 11 is 0. The lowest BCUT2D eigenvalue weighted by molar-refractivity contribution is -0.137. The fourth-order valence-corrected chi connectivity index (χ4v) is 4.11. The molecule has 5 rings (SSSR count). The summed E-state index contributed by atoms with van der Waals surface area (Å²) in [6.45, 7) is 2.80. The fourth-order valence-electron chi connectivity index (χ4n) is 4.11. The van der Waals surface area contributed by atoms with Gasteiger partial charge in [-0.25, -0.2) is 9.78 Å². The highest BCUT2D eigenvalue weighted by Gasteiger charge is 2.39. The van der Waals surface area contributed by atoms with Crippen molar-refractivity contribution in [1.82, 2.24) is 19.9 Å². The number of aromatic nitrogens is 2. The van der Waals surface area contributed by atoms with E-state index in [4.69, 9.17) is 9.26 Å². The van der Waals surface area contributed by atoms with Gasteiger partial charge in [-0.1, -0.05) is 17.3 Å². The summed E-state index contributed by atoms with van der Waals surface area (Å²) in [5.41, 5.74) is 0.300. The molecule has 2 amide bonds. The van der Waals surface area contributed by atoms with E-state index < -0.39 is 17.8 Å². The van der Waals surface area contributed by atoms with Crippen LogP contribution in [0, 0.1) is 6.92 Å². The molecule has 2 aromatic heterocycles. The van der Waals surface area contributed by atoms with Crippen LogP contribution in [0.2, 0.25) is 0 Å². The molecule has 8 nitrogen and oxygen atoms in total. The number of carbonyl (C=O) groups is 2. The van der Waals surface area contributed by atoms with Gasteiger partial charge in [-0.05, 0) is 25.1 Å². The molecule has 4 heterocycles. The number of fused-ring (bicyclic) bond motifs is 2. The Morgan fingerprint density at radius 2 is 2.03 bits per heavy atom. The average Bonchev–Trinajstić information content (AvgIpc) is 3.34. The van der Waals surface area contributed by atoms with Crippen LogP contribution in [-0.2, 0) is 10.9 Å². The lowest BCUT2D eigenvalue weighted by atomic mass is 10.0. The second kappa shape index (κ2) is 7.21. The first-order chi connectivity index (χ1) is 15.2. The largest absolute Gasteiger partial charge is 0.447 e. The lowest BCUT2D eigenvalue weighted by Gasteiger charge is -2.35. The summed E-state index contributed by atoms with van der Waals surface area (Å²) in [6, 6.07) is 5.95. The van der Waals surface area contributed by atoms with Gasteiger partial charge in [0.15, 0.2) is 0 Å². The Balaban J connectivity index is 1.55. The Bertz CT molecular complexity index is 1240. The Hall–Kier alpha value is -3.63. The standard InChI is InChI=1S/C21H17F3N4O4/c1-11-17-15(19(29)27-5-6-28-14(9-27)10-31-20(28)30)8-16(25-18(17)32-26-11)12-3-2-4-13(7-12)21(22,23)24/h2-4,7-8,14H,5-6,9-10H2,1H3. The van der Waals surface area contributed by atoms with Gasteiger partial charge < -0.3 is 14.2 Å². The molecule has 0 saturated carbocycles. The minimum absolute atomic E-state index is 0.0683. The first-order valence-corrected chi connectivity index (χ1v) is 9.89. The molecule has 166 valence electrons. The van der Waals surface area contributed by atoms with E-state index in [0.717, 1.165) is 12.1 Å². The number of halogens is 3. The number of carbonyl (C=O) groups excluding carboxylic acids is 2. The van der Waals surface area contributed by atoms with E-state index in [1.807, 2.05) is 0 Å². The van der Waals surface area contributed by atoms with E-state index in [1.54, 1.807) is 16.7 Å². The molecule has 3 aromatic rings. The maximum absolute atomic E-state index is 13.4. The monoisotopic (exact) mass is 446 g/mol. The molecule has 1 atom stereocenters. The van der Waals surface area contributed by atoms with Crippen LogP contribution in [0.4, 0.5) is 18.0 Å². The molecule has 2 saturated heterocycles. The van der Waals surface area contributed by atoms with Crippen molar-refractivity contribution >= 4 is 23.1 Å². The Labute approximate surface area is 179 Å². The predicted octanol–water partition coefficient (Wildman–Crippen LogP) is 3.49. The van der Waals surface area contributed by atoms with Crippen molar-refractivity contribution < 1.29 is 32.0 Å². The Kier molecular flexibility index (Phi) is 4.57. The zero-order valence-corrected chi connectivity index (χ0v) is 16.8. The molecule has 1 unspecified atom stereocenters. The van der Waals surface area contributed by atoms with Gasteiger partial charge in [-0.15, -0.1) is 0 Å². The predicted molar refractivity (Wildman–Crippen MR) is 105 cm³/mol. The second-order valence-corrected chi connectivity index (χ2v) is 7.76. The van der Waals surface area contributed by atoms with Crippen LogP contribution in [0.15, 0.2) is 34.9 Å². The SMILES string of the molecule is Cc1noc2nc(-c3cccc(C(F)(F)F)c3)cc(C(=O)N3CCN4C(=O)OCC4C3)c12. The Morgan fingerprint density at radius 3 is 2.81 bits per heavy atom. The van der Waals surface area contributed by atoms with Gasteiger partial charge >= 0.3 is 12.3 Å². The van der Waals surface area contributed by atoms with Crippen LogP contribution >= 0.6 is 0 Å². The number of hydrogen-bond donors (Lipinski definition) is 0. The number of benzene rings is 1. The third kappa shape index (κ3) is 3.33. The van der Waals surface area contributed by atoms with Crippen molar-refractivity contribution in [3.63, 3.8) is 0 Å². The van der Waals surface area contributed by atoms with Crippen LogP contribution in [0.5, 0.6) is 0 Å². The number of amides is 2. The number of alkyl halides is 3. The Morgan fingerprint density at radius 1 is 1.22 bits per heavy atom. The van der Waals surface area contributed by atoms with Gasteiger partial charge in [-0.3, -0.25) is 9.69 Å². The third-order valence-electron chi connectivity index (χ3n) is 5.74. The highest BCUT2D eigenvalue weighted by Crippen LogP contribution is 2.34. The molecule has 2 aliphatic heterocycles. The number of hydrogen-bond acceptors (Lipinski definition) is 6. The van der Waals surface area contributed by atoms with Crippen molar-refractivity contribution in [2.75, 3.05) is 26.2 Å². The van der Waals surface area contributed by atoms with E-state index in [0.29, 0.717) is 24.2 Å². The van der Waals surface area contributed by atoms with Crippen LogP contribution in [-0.4, -0.2) is 64.2 Å². The molecule has 0 radical (unpaired) electrons. The van der Waals surface area contributed by atoms with Crippen molar-refractivity contribution in [2.45, 2.75) is 19.1 Å². The third-order valence-corrected chi connectivity index (χ3v) is 5.74. The van der Waals surface area contributed by atoms with E-state index in [-0.39, 0.29) is 47.6 Å². The number of ether oxygens (including phenoxy) is 1. The normalized spacial score (nSPS) is 18.8. The molecule has 0 aliphatic carbocycles. The molecule has 2 aliphatic rings. The maximum Gasteiger partial charge on any atom is 0.416 e. The van der Waals surface area contributed by atoms with Crippen molar-refractivity contribution in [1.29, 1.82) is 0 Å². The average molecular weight is 446 g/mol. The summed E-state index contributed by atoms with van der Waals surface area (Å²) in [5.74, 6) is -0.337. The number of piperazine rings is 1. The highest BCUT2D eigenvalue weighted by atomic mass is 19.4. The minimum atomic E-state index is -4.51. The minimum Gasteiger partial charge on any atom is -0.447 e. The van der Waals surface area contributed by atoms with Gasteiger partial charge in [0.1, 0.15) is 6.61 Å². The van der Waals surface area contributed by atoms with Crippen LogP contribution < -0.4 is 0 Å². The number of rotatable bonds is 2. The summed E-state index contributed by atoms with van der Waals surface area (Å²) in [6.07, 6.45) is -4.91. The summed E-state index contributed by atoms with van der Waals surface area (Å²) in [5, 5.41) is 4.29. The molecular formula is C21H17F3N4O4. The summed E-state index contributed by atoms with van der Waals surface area (Å²) in [4.78, 5) is 32.7. The van der Waals surface area contributed by atoms with Gasteiger partial charge in [-0.2, -0.15) is 13.2 Å².